The molecule has 0 saturated heterocycles. The van der Waals surface area contributed by atoms with Crippen molar-refractivity contribution < 1.29 is 9.47 Å². The average Bonchev–Trinajstić information content (AvgIpc) is 2.27. The van der Waals surface area contributed by atoms with Crippen molar-refractivity contribution in [3.05, 3.63) is 29.8 Å². The third kappa shape index (κ3) is 1.49. The van der Waals surface area contributed by atoms with E-state index in [1.165, 1.54) is 5.56 Å². The summed E-state index contributed by atoms with van der Waals surface area (Å²) in [5.41, 5.74) is 1.17. The largest absolute Gasteiger partial charge is 0.490 e. The van der Waals surface area contributed by atoms with E-state index in [-0.39, 0.29) is 12.1 Å². The third-order valence-electron chi connectivity index (χ3n) is 2.64. The maximum Gasteiger partial charge on any atom is 0.124 e. The molecule has 0 saturated carbocycles. The van der Waals surface area contributed by atoms with Gasteiger partial charge in [-0.05, 0) is 13.1 Å². The van der Waals surface area contributed by atoms with Crippen LogP contribution >= 0.6 is 0 Å². The van der Waals surface area contributed by atoms with Crippen LogP contribution in [0.15, 0.2) is 24.3 Å². The first kappa shape index (κ1) is 9.49. The minimum atomic E-state index is 0.0925. The molecule has 1 aromatic carbocycles. The lowest BCUT2D eigenvalue weighted by molar-refractivity contribution is 0.0176. The molecule has 0 radical (unpaired) electrons. The lowest BCUT2D eigenvalue weighted by atomic mass is 9.98. The van der Waals surface area contributed by atoms with Crippen molar-refractivity contribution in [2.75, 3.05) is 20.8 Å². The SMILES string of the molecule is CNC1c2ccccc2OCC1OC. The lowest BCUT2D eigenvalue weighted by Gasteiger charge is -2.32. The normalized spacial score (nSPS) is 25.3. The van der Waals surface area contributed by atoms with Crippen LogP contribution in [0.1, 0.15) is 11.6 Å². The van der Waals surface area contributed by atoms with Crippen LogP contribution in [0, 0.1) is 0 Å². The van der Waals surface area contributed by atoms with Crippen LogP contribution in [-0.2, 0) is 4.74 Å². The van der Waals surface area contributed by atoms with Crippen LogP contribution in [0.3, 0.4) is 0 Å². The summed E-state index contributed by atoms with van der Waals surface area (Å²) in [6.45, 7) is 0.610. The van der Waals surface area contributed by atoms with Gasteiger partial charge in [-0.15, -0.1) is 0 Å². The summed E-state index contributed by atoms with van der Waals surface area (Å²) >= 11 is 0. The van der Waals surface area contributed by atoms with E-state index in [0.717, 1.165) is 5.75 Å². The Balaban J connectivity index is 2.34. The fourth-order valence-electron chi connectivity index (χ4n) is 1.88. The van der Waals surface area contributed by atoms with Gasteiger partial charge in [-0.2, -0.15) is 0 Å². The number of fused-ring (bicyclic) bond motifs is 1. The standard InChI is InChI=1S/C11H15NO2/c1-12-11-8-5-3-4-6-9(8)14-7-10(11)13-2/h3-6,10-12H,7H2,1-2H3. The highest BCUT2D eigenvalue weighted by molar-refractivity contribution is 5.38. The number of ether oxygens (including phenoxy) is 2. The molecule has 1 aliphatic rings. The summed E-state index contributed by atoms with van der Waals surface area (Å²) in [7, 11) is 3.66. The monoisotopic (exact) mass is 193 g/mol. The van der Waals surface area contributed by atoms with E-state index in [4.69, 9.17) is 9.47 Å². The molecule has 1 heterocycles. The average molecular weight is 193 g/mol. The first-order chi connectivity index (χ1) is 6.86. The Bertz CT molecular complexity index is 314. The molecule has 0 amide bonds. The molecule has 0 spiro atoms. The van der Waals surface area contributed by atoms with E-state index in [9.17, 15) is 0 Å². The van der Waals surface area contributed by atoms with Gasteiger partial charge in [-0.3, -0.25) is 0 Å². The Labute approximate surface area is 84.0 Å². The highest BCUT2D eigenvalue weighted by Gasteiger charge is 2.29. The van der Waals surface area contributed by atoms with Crippen LogP contribution in [0.25, 0.3) is 0 Å². The Morgan fingerprint density at radius 1 is 1.43 bits per heavy atom. The molecule has 3 heteroatoms. The van der Waals surface area contributed by atoms with Gasteiger partial charge in [0.15, 0.2) is 0 Å². The number of para-hydroxylation sites is 1. The summed E-state index contributed by atoms with van der Waals surface area (Å²) in [6, 6.07) is 8.29. The van der Waals surface area contributed by atoms with E-state index in [0.29, 0.717) is 6.61 Å². The second-order valence-electron chi connectivity index (χ2n) is 3.39. The number of methoxy groups -OCH3 is 1. The zero-order valence-electron chi connectivity index (χ0n) is 8.49. The van der Waals surface area contributed by atoms with Gasteiger partial charge in [0.1, 0.15) is 18.5 Å². The second-order valence-corrected chi connectivity index (χ2v) is 3.39. The smallest absolute Gasteiger partial charge is 0.124 e. The van der Waals surface area contributed by atoms with Crippen LogP contribution in [-0.4, -0.2) is 26.9 Å². The first-order valence-electron chi connectivity index (χ1n) is 4.78. The van der Waals surface area contributed by atoms with Crippen LogP contribution in [0.4, 0.5) is 0 Å². The first-order valence-corrected chi connectivity index (χ1v) is 4.78. The minimum absolute atomic E-state index is 0.0925. The zero-order chi connectivity index (χ0) is 9.97. The summed E-state index contributed by atoms with van der Waals surface area (Å²) in [6.07, 6.45) is 0.0925. The summed E-state index contributed by atoms with van der Waals surface area (Å²) in [4.78, 5) is 0. The lowest BCUT2D eigenvalue weighted by Crippen LogP contribution is -2.38. The molecule has 1 N–H and O–H groups in total. The molecule has 2 atom stereocenters. The maximum absolute atomic E-state index is 5.59. The maximum atomic E-state index is 5.59. The summed E-state index contributed by atoms with van der Waals surface area (Å²) < 4.78 is 11.0. The highest BCUT2D eigenvalue weighted by atomic mass is 16.5. The number of nitrogens with one attached hydrogen (secondary N) is 1. The number of hydrogen-bond donors (Lipinski definition) is 1. The molecular formula is C11H15NO2. The molecule has 14 heavy (non-hydrogen) atoms. The van der Waals surface area contributed by atoms with Crippen molar-refractivity contribution in [2.24, 2.45) is 0 Å². The van der Waals surface area contributed by atoms with E-state index in [1.807, 2.05) is 25.2 Å². The molecule has 2 rings (SSSR count). The van der Waals surface area contributed by atoms with Gasteiger partial charge in [0.2, 0.25) is 0 Å². The number of benzene rings is 1. The topological polar surface area (TPSA) is 30.5 Å². The Kier molecular flexibility index (Phi) is 2.70. The molecule has 1 aliphatic heterocycles. The minimum Gasteiger partial charge on any atom is -0.490 e. The molecule has 76 valence electrons. The van der Waals surface area contributed by atoms with E-state index in [2.05, 4.69) is 11.4 Å². The summed E-state index contributed by atoms with van der Waals surface area (Å²) in [5.74, 6) is 0.958. The van der Waals surface area contributed by atoms with E-state index < -0.39 is 0 Å². The molecule has 3 nitrogen and oxygen atoms in total. The van der Waals surface area contributed by atoms with Crippen molar-refractivity contribution >= 4 is 0 Å². The molecular weight excluding hydrogens is 178 g/mol. The molecule has 0 aliphatic carbocycles. The Morgan fingerprint density at radius 3 is 2.93 bits per heavy atom. The van der Waals surface area contributed by atoms with Crippen molar-refractivity contribution in [1.29, 1.82) is 0 Å². The van der Waals surface area contributed by atoms with Gasteiger partial charge < -0.3 is 14.8 Å². The Morgan fingerprint density at radius 2 is 2.21 bits per heavy atom. The van der Waals surface area contributed by atoms with Gasteiger partial charge in [0.25, 0.3) is 0 Å². The van der Waals surface area contributed by atoms with Gasteiger partial charge in [-0.1, -0.05) is 18.2 Å². The van der Waals surface area contributed by atoms with Crippen molar-refractivity contribution in [2.45, 2.75) is 12.1 Å². The molecule has 0 aromatic heterocycles. The van der Waals surface area contributed by atoms with Crippen molar-refractivity contribution in [3.8, 4) is 5.75 Å². The van der Waals surface area contributed by atoms with Gasteiger partial charge >= 0.3 is 0 Å². The fourth-order valence-corrected chi connectivity index (χ4v) is 1.88. The van der Waals surface area contributed by atoms with Gasteiger partial charge in [0, 0.05) is 12.7 Å². The molecule has 0 fully saturated rings. The van der Waals surface area contributed by atoms with Gasteiger partial charge in [0.05, 0.1) is 6.04 Å². The number of rotatable bonds is 2. The zero-order valence-corrected chi connectivity index (χ0v) is 8.49. The number of likely N-dealkylation sites (N-methyl/N-ethyl adjacent to an activating group) is 1. The Hall–Kier alpha value is -1.06. The van der Waals surface area contributed by atoms with Crippen molar-refractivity contribution in [1.82, 2.24) is 5.32 Å². The van der Waals surface area contributed by atoms with Gasteiger partial charge in [-0.25, -0.2) is 0 Å². The predicted molar refractivity (Wildman–Crippen MR) is 54.5 cm³/mol. The van der Waals surface area contributed by atoms with E-state index >= 15 is 0 Å². The predicted octanol–water partition coefficient (Wildman–Crippen LogP) is 1.35. The fraction of sp³-hybridized carbons (Fsp3) is 0.455. The van der Waals surface area contributed by atoms with Crippen LogP contribution in [0.5, 0.6) is 5.75 Å². The van der Waals surface area contributed by atoms with Crippen LogP contribution in [0.2, 0.25) is 0 Å². The molecule has 0 bridgehead atoms. The van der Waals surface area contributed by atoms with Crippen molar-refractivity contribution in [3.63, 3.8) is 0 Å². The van der Waals surface area contributed by atoms with Crippen LogP contribution < -0.4 is 10.1 Å². The summed E-state index contributed by atoms with van der Waals surface area (Å²) in [5, 5.41) is 3.26. The quantitative estimate of drug-likeness (QED) is 0.769. The third-order valence-corrected chi connectivity index (χ3v) is 2.64. The second kappa shape index (κ2) is 3.98. The van der Waals surface area contributed by atoms with E-state index in [1.54, 1.807) is 7.11 Å². The molecule has 1 aromatic rings. The number of hydrogen-bond acceptors (Lipinski definition) is 3. The molecule has 2 unspecified atom stereocenters. The highest BCUT2D eigenvalue weighted by Crippen LogP contribution is 2.32.